The van der Waals surface area contributed by atoms with Crippen LogP contribution in [0.15, 0.2) is 18.3 Å². The lowest BCUT2D eigenvalue weighted by atomic mass is 10.1. The Morgan fingerprint density at radius 2 is 2.29 bits per heavy atom. The summed E-state index contributed by atoms with van der Waals surface area (Å²) in [5.74, 6) is 0.994. The van der Waals surface area contributed by atoms with Crippen molar-refractivity contribution in [1.29, 1.82) is 0 Å². The molecule has 1 rings (SSSR count). The molecule has 0 amide bonds. The van der Waals surface area contributed by atoms with Gasteiger partial charge in [-0.3, -0.25) is 0 Å². The van der Waals surface area contributed by atoms with E-state index in [0.717, 1.165) is 5.82 Å². The molecule has 1 aromatic rings. The van der Waals surface area contributed by atoms with E-state index in [-0.39, 0.29) is 0 Å². The van der Waals surface area contributed by atoms with Crippen LogP contribution in [0.2, 0.25) is 0 Å². The van der Waals surface area contributed by atoms with Crippen molar-refractivity contribution >= 4 is 5.82 Å². The number of rotatable bonds is 5. The molecule has 0 saturated heterocycles. The van der Waals surface area contributed by atoms with E-state index in [0.29, 0.717) is 6.04 Å². The zero-order chi connectivity index (χ0) is 10.4. The fourth-order valence-electron chi connectivity index (χ4n) is 1.45. The van der Waals surface area contributed by atoms with Crippen LogP contribution in [-0.4, -0.2) is 11.0 Å². The average Bonchev–Trinajstić information content (AvgIpc) is 2.15. The number of aromatic nitrogens is 1. The fourth-order valence-corrected chi connectivity index (χ4v) is 1.45. The van der Waals surface area contributed by atoms with Crippen LogP contribution in [0.1, 0.15) is 38.7 Å². The first-order valence-corrected chi connectivity index (χ1v) is 5.41. The molecule has 1 aromatic heterocycles. The van der Waals surface area contributed by atoms with Crippen molar-refractivity contribution < 1.29 is 0 Å². The Hall–Kier alpha value is -1.05. The summed E-state index contributed by atoms with van der Waals surface area (Å²) in [6.07, 6.45) is 5.60. The van der Waals surface area contributed by atoms with Gasteiger partial charge in [0.05, 0.1) is 0 Å². The van der Waals surface area contributed by atoms with Gasteiger partial charge in [-0.15, -0.1) is 0 Å². The van der Waals surface area contributed by atoms with Gasteiger partial charge in [0.25, 0.3) is 0 Å². The van der Waals surface area contributed by atoms with Gasteiger partial charge in [0, 0.05) is 12.2 Å². The van der Waals surface area contributed by atoms with Gasteiger partial charge in [-0.2, -0.15) is 0 Å². The van der Waals surface area contributed by atoms with E-state index in [1.165, 1.54) is 24.8 Å². The molecule has 0 aliphatic heterocycles. The monoisotopic (exact) mass is 192 g/mol. The van der Waals surface area contributed by atoms with Gasteiger partial charge in [-0.25, -0.2) is 4.98 Å². The maximum Gasteiger partial charge on any atom is 0.126 e. The van der Waals surface area contributed by atoms with E-state index in [2.05, 4.69) is 37.1 Å². The summed E-state index contributed by atoms with van der Waals surface area (Å²) < 4.78 is 0. The minimum atomic E-state index is 0.518. The van der Waals surface area contributed by atoms with Crippen molar-refractivity contribution in [3.63, 3.8) is 0 Å². The average molecular weight is 192 g/mol. The van der Waals surface area contributed by atoms with E-state index >= 15 is 0 Å². The van der Waals surface area contributed by atoms with Crippen molar-refractivity contribution in [2.45, 2.75) is 46.1 Å². The minimum absolute atomic E-state index is 0.518. The molecule has 0 aliphatic rings. The molecule has 1 N–H and O–H groups in total. The van der Waals surface area contributed by atoms with Crippen LogP contribution in [0.3, 0.4) is 0 Å². The van der Waals surface area contributed by atoms with Crippen molar-refractivity contribution in [1.82, 2.24) is 4.98 Å². The molecule has 0 radical (unpaired) electrons. The number of anilines is 1. The normalized spacial score (nSPS) is 12.5. The van der Waals surface area contributed by atoms with Crippen LogP contribution >= 0.6 is 0 Å². The summed E-state index contributed by atoms with van der Waals surface area (Å²) in [7, 11) is 0. The SMILES string of the molecule is CCCCC(C)Nc1cc(C)ccn1. The number of hydrogen-bond acceptors (Lipinski definition) is 2. The van der Waals surface area contributed by atoms with Crippen molar-refractivity contribution in [2.75, 3.05) is 5.32 Å². The smallest absolute Gasteiger partial charge is 0.126 e. The molecule has 0 saturated carbocycles. The number of pyridine rings is 1. The van der Waals surface area contributed by atoms with E-state index in [9.17, 15) is 0 Å². The second-order valence-electron chi connectivity index (χ2n) is 3.91. The number of nitrogens with one attached hydrogen (secondary N) is 1. The maximum absolute atomic E-state index is 4.28. The number of nitrogens with zero attached hydrogens (tertiary/aromatic N) is 1. The molecule has 2 heteroatoms. The number of hydrogen-bond donors (Lipinski definition) is 1. The van der Waals surface area contributed by atoms with Crippen molar-refractivity contribution in [3.05, 3.63) is 23.9 Å². The van der Waals surface area contributed by atoms with Crippen molar-refractivity contribution in [3.8, 4) is 0 Å². The maximum atomic E-state index is 4.28. The summed E-state index contributed by atoms with van der Waals surface area (Å²) in [6, 6.07) is 4.62. The van der Waals surface area contributed by atoms with E-state index in [1.54, 1.807) is 0 Å². The van der Waals surface area contributed by atoms with Crippen LogP contribution in [0, 0.1) is 6.92 Å². The predicted molar refractivity (Wildman–Crippen MR) is 61.6 cm³/mol. The van der Waals surface area contributed by atoms with Gasteiger partial charge in [-0.05, 0) is 38.0 Å². The molecule has 0 bridgehead atoms. The third-order valence-electron chi connectivity index (χ3n) is 2.30. The van der Waals surface area contributed by atoms with Crippen LogP contribution in [0.25, 0.3) is 0 Å². The van der Waals surface area contributed by atoms with Crippen molar-refractivity contribution in [2.24, 2.45) is 0 Å². The third-order valence-corrected chi connectivity index (χ3v) is 2.30. The van der Waals surface area contributed by atoms with E-state index in [4.69, 9.17) is 0 Å². The third kappa shape index (κ3) is 3.77. The molecule has 0 fully saturated rings. The summed E-state index contributed by atoms with van der Waals surface area (Å²) in [5.41, 5.74) is 1.25. The largest absolute Gasteiger partial charge is 0.368 e. The first-order chi connectivity index (χ1) is 6.72. The Bertz CT molecular complexity index is 271. The highest BCUT2D eigenvalue weighted by Crippen LogP contribution is 2.09. The molecule has 78 valence electrons. The number of aryl methyl sites for hydroxylation is 1. The Labute approximate surface area is 86.8 Å². The molecule has 2 nitrogen and oxygen atoms in total. The lowest BCUT2D eigenvalue weighted by Gasteiger charge is -2.13. The molecule has 0 aliphatic carbocycles. The molecule has 0 spiro atoms. The fraction of sp³-hybridized carbons (Fsp3) is 0.583. The zero-order valence-corrected chi connectivity index (χ0v) is 9.38. The van der Waals surface area contributed by atoms with E-state index < -0.39 is 0 Å². The second kappa shape index (κ2) is 5.63. The quantitative estimate of drug-likeness (QED) is 0.773. The summed E-state index contributed by atoms with van der Waals surface area (Å²) >= 11 is 0. The van der Waals surface area contributed by atoms with Gasteiger partial charge in [0.1, 0.15) is 5.82 Å². The lowest BCUT2D eigenvalue weighted by molar-refractivity contribution is 0.643. The molecular weight excluding hydrogens is 172 g/mol. The number of unbranched alkanes of at least 4 members (excludes halogenated alkanes) is 1. The van der Waals surface area contributed by atoms with Crippen LogP contribution in [0.4, 0.5) is 5.82 Å². The van der Waals surface area contributed by atoms with Gasteiger partial charge in [0.15, 0.2) is 0 Å². The summed E-state index contributed by atoms with van der Waals surface area (Å²) in [4.78, 5) is 4.28. The highest BCUT2D eigenvalue weighted by molar-refractivity contribution is 5.37. The topological polar surface area (TPSA) is 24.9 Å². The Morgan fingerprint density at radius 1 is 1.50 bits per heavy atom. The Kier molecular flexibility index (Phi) is 4.44. The Morgan fingerprint density at radius 3 is 2.93 bits per heavy atom. The highest BCUT2D eigenvalue weighted by atomic mass is 15.0. The molecule has 1 unspecified atom stereocenters. The van der Waals surface area contributed by atoms with Crippen LogP contribution in [0.5, 0.6) is 0 Å². The molecule has 0 aromatic carbocycles. The first-order valence-electron chi connectivity index (χ1n) is 5.41. The Balaban J connectivity index is 2.43. The summed E-state index contributed by atoms with van der Waals surface area (Å²) in [5, 5.41) is 3.41. The summed E-state index contributed by atoms with van der Waals surface area (Å²) in [6.45, 7) is 6.51. The molecular formula is C12H20N2. The van der Waals surface area contributed by atoms with Gasteiger partial charge in [0.2, 0.25) is 0 Å². The second-order valence-corrected chi connectivity index (χ2v) is 3.91. The standard InChI is InChI=1S/C12H20N2/c1-4-5-6-11(3)14-12-9-10(2)7-8-13-12/h7-9,11H,4-6H2,1-3H3,(H,13,14). The molecule has 1 atom stereocenters. The van der Waals surface area contributed by atoms with E-state index in [1.807, 2.05) is 12.3 Å². The molecule has 1 heterocycles. The lowest BCUT2D eigenvalue weighted by Crippen LogP contribution is -2.15. The zero-order valence-electron chi connectivity index (χ0n) is 9.38. The highest BCUT2D eigenvalue weighted by Gasteiger charge is 2.01. The first kappa shape index (κ1) is 11.0. The molecule has 14 heavy (non-hydrogen) atoms. The van der Waals surface area contributed by atoms with Gasteiger partial charge < -0.3 is 5.32 Å². The minimum Gasteiger partial charge on any atom is -0.368 e. The van der Waals surface area contributed by atoms with Gasteiger partial charge in [-0.1, -0.05) is 19.8 Å². The van der Waals surface area contributed by atoms with Crippen LogP contribution in [-0.2, 0) is 0 Å². The van der Waals surface area contributed by atoms with Crippen LogP contribution < -0.4 is 5.32 Å². The van der Waals surface area contributed by atoms with Gasteiger partial charge >= 0.3 is 0 Å². The predicted octanol–water partition coefficient (Wildman–Crippen LogP) is 3.38.